The fourth-order valence-corrected chi connectivity index (χ4v) is 2.76. The molecule has 1 atom stereocenters. The van der Waals surface area contributed by atoms with Crippen molar-refractivity contribution in [2.75, 3.05) is 19.6 Å². The predicted octanol–water partition coefficient (Wildman–Crippen LogP) is 1.73. The Bertz CT molecular complexity index is 457. The van der Waals surface area contributed by atoms with Crippen LogP contribution in [0.5, 0.6) is 0 Å². The summed E-state index contributed by atoms with van der Waals surface area (Å²) in [6.45, 7) is 11.0. The van der Waals surface area contributed by atoms with E-state index in [1.54, 1.807) is 12.4 Å². The minimum Gasteiger partial charge on any atom is -0.334 e. The lowest BCUT2D eigenvalue weighted by molar-refractivity contribution is 0.0367. The number of nitrogens with zero attached hydrogens (tertiary/aromatic N) is 4. The fourth-order valence-electron chi connectivity index (χ4n) is 2.76. The molecule has 2 heterocycles. The molecule has 1 aromatic heterocycles. The first-order chi connectivity index (χ1) is 9.52. The van der Waals surface area contributed by atoms with Crippen LogP contribution in [0.25, 0.3) is 0 Å². The van der Waals surface area contributed by atoms with Gasteiger partial charge in [-0.05, 0) is 27.2 Å². The van der Waals surface area contributed by atoms with Gasteiger partial charge in [-0.25, -0.2) is 4.98 Å². The van der Waals surface area contributed by atoms with Gasteiger partial charge in [0.2, 0.25) is 0 Å². The fraction of sp³-hybridized carbons (Fsp3) is 0.667. The number of rotatable bonds is 3. The lowest BCUT2D eigenvalue weighted by atomic mass is 10.1. The maximum absolute atomic E-state index is 12.5. The maximum Gasteiger partial charge on any atom is 0.274 e. The highest BCUT2D eigenvalue weighted by atomic mass is 16.2. The average Bonchev–Trinajstić information content (AvgIpc) is 2.46. The molecular weight excluding hydrogens is 252 g/mol. The van der Waals surface area contributed by atoms with Crippen molar-refractivity contribution >= 4 is 5.91 Å². The third-order valence-electron chi connectivity index (χ3n) is 3.95. The van der Waals surface area contributed by atoms with Gasteiger partial charge >= 0.3 is 0 Å². The third kappa shape index (κ3) is 3.15. The first-order valence-corrected chi connectivity index (χ1v) is 7.36. The summed E-state index contributed by atoms with van der Waals surface area (Å²) >= 11 is 0. The van der Waals surface area contributed by atoms with Crippen molar-refractivity contribution in [1.82, 2.24) is 19.8 Å². The van der Waals surface area contributed by atoms with E-state index in [9.17, 15) is 4.79 Å². The largest absolute Gasteiger partial charge is 0.334 e. The van der Waals surface area contributed by atoms with Crippen LogP contribution < -0.4 is 0 Å². The topological polar surface area (TPSA) is 49.3 Å². The quantitative estimate of drug-likeness (QED) is 0.843. The van der Waals surface area contributed by atoms with E-state index in [1.165, 1.54) is 0 Å². The van der Waals surface area contributed by atoms with Gasteiger partial charge in [0, 0.05) is 37.9 Å². The molecule has 20 heavy (non-hydrogen) atoms. The molecule has 110 valence electrons. The molecule has 0 radical (unpaired) electrons. The van der Waals surface area contributed by atoms with Crippen molar-refractivity contribution in [1.29, 1.82) is 0 Å². The van der Waals surface area contributed by atoms with Crippen molar-refractivity contribution < 1.29 is 4.79 Å². The van der Waals surface area contributed by atoms with E-state index in [0.29, 0.717) is 17.8 Å². The Hall–Kier alpha value is -1.49. The SMILES string of the molecule is CC[C@@H]1CN(C(=O)c2cnc(C)cn2)CCN1C(C)C. The molecule has 1 fully saturated rings. The van der Waals surface area contributed by atoms with E-state index in [2.05, 4.69) is 35.6 Å². The van der Waals surface area contributed by atoms with Crippen LogP contribution in [0.15, 0.2) is 12.4 Å². The smallest absolute Gasteiger partial charge is 0.274 e. The van der Waals surface area contributed by atoms with E-state index >= 15 is 0 Å². The summed E-state index contributed by atoms with van der Waals surface area (Å²) in [7, 11) is 0. The van der Waals surface area contributed by atoms with Crippen LogP contribution in [0, 0.1) is 6.92 Å². The van der Waals surface area contributed by atoms with Crippen molar-refractivity contribution in [2.45, 2.75) is 46.2 Å². The molecule has 1 aliphatic heterocycles. The van der Waals surface area contributed by atoms with E-state index in [1.807, 2.05) is 11.8 Å². The standard InChI is InChI=1S/C15H24N4O/c1-5-13-10-18(6-7-19(13)11(2)3)15(20)14-9-16-12(4)8-17-14/h8-9,11,13H,5-7,10H2,1-4H3/t13-/m1/s1. The second-order valence-corrected chi connectivity index (χ2v) is 5.69. The van der Waals surface area contributed by atoms with Gasteiger partial charge in [-0.2, -0.15) is 0 Å². The van der Waals surface area contributed by atoms with E-state index in [-0.39, 0.29) is 5.91 Å². The Balaban J connectivity index is 2.07. The van der Waals surface area contributed by atoms with E-state index in [0.717, 1.165) is 31.7 Å². The van der Waals surface area contributed by atoms with Crippen molar-refractivity contribution in [2.24, 2.45) is 0 Å². The summed E-state index contributed by atoms with van der Waals surface area (Å²) < 4.78 is 0. The first kappa shape index (κ1) is 14.9. The molecule has 0 N–H and O–H groups in total. The molecule has 0 saturated carbocycles. The molecule has 0 unspecified atom stereocenters. The second kappa shape index (κ2) is 6.31. The molecule has 0 bridgehead atoms. The molecule has 1 saturated heterocycles. The first-order valence-electron chi connectivity index (χ1n) is 7.36. The van der Waals surface area contributed by atoms with Crippen molar-refractivity contribution in [3.05, 3.63) is 23.8 Å². The normalized spacial score (nSPS) is 20.4. The van der Waals surface area contributed by atoms with Crippen LogP contribution in [0.4, 0.5) is 0 Å². The van der Waals surface area contributed by atoms with E-state index < -0.39 is 0 Å². The van der Waals surface area contributed by atoms with Crippen molar-refractivity contribution in [3.63, 3.8) is 0 Å². The molecule has 1 aromatic rings. The lowest BCUT2D eigenvalue weighted by Gasteiger charge is -2.43. The van der Waals surface area contributed by atoms with Crippen LogP contribution in [0.2, 0.25) is 0 Å². The minimum absolute atomic E-state index is 0.000596. The second-order valence-electron chi connectivity index (χ2n) is 5.69. The zero-order chi connectivity index (χ0) is 14.7. The monoisotopic (exact) mass is 276 g/mol. The number of hydrogen-bond acceptors (Lipinski definition) is 4. The summed E-state index contributed by atoms with van der Waals surface area (Å²) in [6.07, 6.45) is 4.28. The number of hydrogen-bond donors (Lipinski definition) is 0. The number of amides is 1. The summed E-state index contributed by atoms with van der Waals surface area (Å²) in [5, 5.41) is 0. The molecule has 0 spiro atoms. The zero-order valence-electron chi connectivity index (χ0n) is 12.8. The number of aromatic nitrogens is 2. The number of aryl methyl sites for hydroxylation is 1. The molecule has 0 aliphatic carbocycles. The summed E-state index contributed by atoms with van der Waals surface area (Å²) in [4.78, 5) is 25.2. The van der Waals surface area contributed by atoms with Gasteiger partial charge in [0.05, 0.1) is 11.9 Å². The van der Waals surface area contributed by atoms with Gasteiger partial charge in [0.15, 0.2) is 0 Å². The Labute approximate surface area is 121 Å². The number of carbonyl (C=O) groups is 1. The number of carbonyl (C=O) groups excluding carboxylic acids is 1. The van der Waals surface area contributed by atoms with Gasteiger partial charge < -0.3 is 4.90 Å². The lowest BCUT2D eigenvalue weighted by Crippen LogP contribution is -2.56. The van der Waals surface area contributed by atoms with Crippen LogP contribution in [-0.2, 0) is 0 Å². The average molecular weight is 276 g/mol. The number of piperazine rings is 1. The van der Waals surface area contributed by atoms with Gasteiger partial charge in [-0.3, -0.25) is 14.7 Å². The Morgan fingerprint density at radius 2 is 2.10 bits per heavy atom. The highest BCUT2D eigenvalue weighted by Crippen LogP contribution is 2.17. The molecule has 2 rings (SSSR count). The zero-order valence-corrected chi connectivity index (χ0v) is 12.8. The highest BCUT2D eigenvalue weighted by molar-refractivity contribution is 5.92. The Morgan fingerprint density at radius 1 is 1.35 bits per heavy atom. The van der Waals surface area contributed by atoms with Gasteiger partial charge in [-0.1, -0.05) is 6.92 Å². The molecule has 0 aromatic carbocycles. The van der Waals surface area contributed by atoms with E-state index in [4.69, 9.17) is 0 Å². The van der Waals surface area contributed by atoms with Gasteiger partial charge in [0.1, 0.15) is 5.69 Å². The van der Waals surface area contributed by atoms with Crippen molar-refractivity contribution in [3.8, 4) is 0 Å². The third-order valence-corrected chi connectivity index (χ3v) is 3.95. The Morgan fingerprint density at radius 3 is 2.65 bits per heavy atom. The van der Waals surface area contributed by atoms with Gasteiger partial charge in [-0.15, -0.1) is 0 Å². The summed E-state index contributed by atoms with van der Waals surface area (Å²) in [5.41, 5.74) is 1.28. The summed E-state index contributed by atoms with van der Waals surface area (Å²) in [6, 6.07) is 0.961. The molecule has 1 aliphatic rings. The van der Waals surface area contributed by atoms with Gasteiger partial charge in [0.25, 0.3) is 5.91 Å². The highest BCUT2D eigenvalue weighted by Gasteiger charge is 2.30. The molecular formula is C15H24N4O. The molecule has 5 heteroatoms. The molecule has 5 nitrogen and oxygen atoms in total. The van der Waals surface area contributed by atoms with Crippen LogP contribution in [0.1, 0.15) is 43.4 Å². The van der Waals surface area contributed by atoms with Crippen LogP contribution >= 0.6 is 0 Å². The predicted molar refractivity (Wildman–Crippen MR) is 78.6 cm³/mol. The maximum atomic E-state index is 12.5. The minimum atomic E-state index is -0.000596. The van der Waals surface area contributed by atoms with Crippen LogP contribution in [0.3, 0.4) is 0 Å². The Kier molecular flexibility index (Phi) is 4.70. The summed E-state index contributed by atoms with van der Waals surface area (Å²) in [5.74, 6) is -0.000596. The molecule has 1 amide bonds. The van der Waals surface area contributed by atoms with Crippen LogP contribution in [-0.4, -0.2) is 57.4 Å².